The summed E-state index contributed by atoms with van der Waals surface area (Å²) in [5.74, 6) is 0. The van der Waals surface area contributed by atoms with Crippen molar-refractivity contribution in [1.29, 1.82) is 0 Å². The molecule has 2 rings (SSSR count). The standard InChI is InChI=1S/C12H11Br2NO2S2/c13-9-3-4-11(14)12(8-9)19(16,17)15-6-5-10-2-1-7-18-10/h1-4,7-8,15H,5-6H2. The van der Waals surface area contributed by atoms with E-state index in [1.54, 1.807) is 29.5 Å². The predicted molar refractivity (Wildman–Crippen MR) is 85.1 cm³/mol. The first-order valence-electron chi connectivity index (χ1n) is 5.46. The highest BCUT2D eigenvalue weighted by atomic mass is 79.9. The molecule has 2 aromatic rings. The summed E-state index contributed by atoms with van der Waals surface area (Å²) in [5.41, 5.74) is 0. The van der Waals surface area contributed by atoms with Gasteiger partial charge in [0.25, 0.3) is 0 Å². The van der Waals surface area contributed by atoms with Crippen LogP contribution in [0.3, 0.4) is 0 Å². The summed E-state index contributed by atoms with van der Waals surface area (Å²) in [4.78, 5) is 1.41. The Morgan fingerprint density at radius 2 is 2.00 bits per heavy atom. The van der Waals surface area contributed by atoms with Crippen LogP contribution in [0.25, 0.3) is 0 Å². The SMILES string of the molecule is O=S(=O)(NCCc1cccs1)c1cc(Br)ccc1Br. The Morgan fingerprint density at radius 1 is 1.21 bits per heavy atom. The molecule has 3 nitrogen and oxygen atoms in total. The predicted octanol–water partition coefficient (Wildman–Crippen LogP) is 3.79. The molecule has 1 heterocycles. The van der Waals surface area contributed by atoms with Crippen LogP contribution in [-0.2, 0) is 16.4 Å². The Bertz CT molecular complexity index is 654. The third-order valence-corrected chi connectivity index (χ3v) is 6.31. The Hall–Kier alpha value is -0.210. The summed E-state index contributed by atoms with van der Waals surface area (Å²) in [6.07, 6.45) is 0.697. The molecule has 0 unspecified atom stereocenters. The highest BCUT2D eigenvalue weighted by molar-refractivity contribution is 9.11. The zero-order valence-corrected chi connectivity index (χ0v) is 14.6. The summed E-state index contributed by atoms with van der Waals surface area (Å²) in [5, 5.41) is 1.98. The van der Waals surface area contributed by atoms with Crippen LogP contribution in [-0.4, -0.2) is 15.0 Å². The van der Waals surface area contributed by atoms with Crippen LogP contribution in [0.2, 0.25) is 0 Å². The van der Waals surface area contributed by atoms with Crippen molar-refractivity contribution in [2.24, 2.45) is 0 Å². The van der Waals surface area contributed by atoms with Gasteiger partial charge in [0.2, 0.25) is 10.0 Å². The second kappa shape index (κ2) is 6.49. The number of benzene rings is 1. The number of sulfonamides is 1. The first-order chi connectivity index (χ1) is 8.99. The van der Waals surface area contributed by atoms with E-state index in [0.717, 1.165) is 9.35 Å². The molecule has 0 aliphatic carbocycles. The van der Waals surface area contributed by atoms with Crippen molar-refractivity contribution < 1.29 is 8.42 Å². The Labute approximate surface area is 133 Å². The lowest BCUT2D eigenvalue weighted by Gasteiger charge is -2.08. The van der Waals surface area contributed by atoms with Crippen LogP contribution in [0.15, 0.2) is 49.6 Å². The summed E-state index contributed by atoms with van der Waals surface area (Å²) < 4.78 is 28.2. The van der Waals surface area contributed by atoms with Gasteiger partial charge in [-0.05, 0) is 52.0 Å². The van der Waals surface area contributed by atoms with Gasteiger partial charge in [-0.1, -0.05) is 22.0 Å². The van der Waals surface area contributed by atoms with E-state index in [2.05, 4.69) is 36.6 Å². The largest absolute Gasteiger partial charge is 0.241 e. The molecule has 1 N–H and O–H groups in total. The monoisotopic (exact) mass is 423 g/mol. The third kappa shape index (κ3) is 4.13. The highest BCUT2D eigenvalue weighted by Crippen LogP contribution is 2.25. The number of hydrogen-bond donors (Lipinski definition) is 1. The van der Waals surface area contributed by atoms with Gasteiger partial charge in [-0.15, -0.1) is 11.3 Å². The fraction of sp³-hybridized carbons (Fsp3) is 0.167. The lowest BCUT2D eigenvalue weighted by Crippen LogP contribution is -2.26. The van der Waals surface area contributed by atoms with Crippen LogP contribution < -0.4 is 4.72 Å². The molecule has 0 aliphatic heterocycles. The van der Waals surface area contributed by atoms with Gasteiger partial charge < -0.3 is 0 Å². The Kier molecular flexibility index (Phi) is 5.19. The molecule has 1 aromatic carbocycles. The summed E-state index contributed by atoms with van der Waals surface area (Å²) in [6, 6.07) is 9.03. The molecular weight excluding hydrogens is 414 g/mol. The van der Waals surface area contributed by atoms with E-state index < -0.39 is 10.0 Å². The van der Waals surface area contributed by atoms with Gasteiger partial charge in [0.05, 0.1) is 4.90 Å². The molecule has 0 bridgehead atoms. The average molecular weight is 425 g/mol. The normalized spacial score (nSPS) is 11.7. The van der Waals surface area contributed by atoms with E-state index in [1.807, 2.05) is 17.5 Å². The summed E-state index contributed by atoms with van der Waals surface area (Å²) in [7, 11) is -3.49. The van der Waals surface area contributed by atoms with Crippen molar-refractivity contribution in [2.45, 2.75) is 11.3 Å². The zero-order valence-electron chi connectivity index (χ0n) is 9.77. The van der Waals surface area contributed by atoms with Gasteiger partial charge in [-0.3, -0.25) is 0 Å². The highest BCUT2D eigenvalue weighted by Gasteiger charge is 2.17. The van der Waals surface area contributed by atoms with E-state index >= 15 is 0 Å². The van der Waals surface area contributed by atoms with E-state index in [-0.39, 0.29) is 4.90 Å². The molecule has 0 saturated carbocycles. The lowest BCUT2D eigenvalue weighted by atomic mass is 10.3. The molecule has 0 saturated heterocycles. The van der Waals surface area contributed by atoms with Gasteiger partial charge in [-0.2, -0.15) is 0 Å². The minimum atomic E-state index is -3.49. The van der Waals surface area contributed by atoms with Crippen molar-refractivity contribution in [3.8, 4) is 0 Å². The number of rotatable bonds is 5. The maximum Gasteiger partial charge on any atom is 0.241 e. The molecule has 19 heavy (non-hydrogen) atoms. The van der Waals surface area contributed by atoms with Crippen molar-refractivity contribution in [3.63, 3.8) is 0 Å². The van der Waals surface area contributed by atoms with E-state index in [9.17, 15) is 8.42 Å². The second-order valence-corrected chi connectivity index (χ2v) is 8.34. The van der Waals surface area contributed by atoms with Gasteiger partial charge >= 0.3 is 0 Å². The quantitative estimate of drug-likeness (QED) is 0.793. The zero-order chi connectivity index (χ0) is 13.9. The van der Waals surface area contributed by atoms with Crippen LogP contribution in [0.4, 0.5) is 0 Å². The Balaban J connectivity index is 2.07. The third-order valence-electron chi connectivity index (χ3n) is 2.43. The molecule has 0 radical (unpaired) electrons. The van der Waals surface area contributed by atoms with Crippen LogP contribution in [0.5, 0.6) is 0 Å². The minimum Gasteiger partial charge on any atom is -0.211 e. The van der Waals surface area contributed by atoms with Gasteiger partial charge in [0.1, 0.15) is 0 Å². The first kappa shape index (κ1) is 15.2. The van der Waals surface area contributed by atoms with Gasteiger partial charge in [0, 0.05) is 20.4 Å². The smallest absolute Gasteiger partial charge is 0.211 e. The van der Waals surface area contributed by atoms with Crippen molar-refractivity contribution in [2.75, 3.05) is 6.54 Å². The van der Waals surface area contributed by atoms with Crippen LogP contribution in [0.1, 0.15) is 4.88 Å². The molecule has 0 spiro atoms. The maximum atomic E-state index is 12.2. The van der Waals surface area contributed by atoms with Crippen molar-refractivity contribution >= 4 is 53.2 Å². The van der Waals surface area contributed by atoms with Gasteiger partial charge in [-0.25, -0.2) is 13.1 Å². The fourth-order valence-electron chi connectivity index (χ4n) is 1.52. The van der Waals surface area contributed by atoms with E-state index in [4.69, 9.17) is 0 Å². The molecule has 1 aromatic heterocycles. The summed E-state index contributed by atoms with van der Waals surface area (Å²) >= 11 is 8.16. The molecule has 0 amide bonds. The van der Waals surface area contributed by atoms with Crippen molar-refractivity contribution in [3.05, 3.63) is 49.5 Å². The maximum absolute atomic E-state index is 12.2. The lowest BCUT2D eigenvalue weighted by molar-refractivity contribution is 0.581. The molecule has 0 fully saturated rings. The Morgan fingerprint density at radius 3 is 2.68 bits per heavy atom. The summed E-state index contributed by atoms with van der Waals surface area (Å²) in [6.45, 7) is 0.391. The van der Waals surface area contributed by atoms with Gasteiger partial charge in [0.15, 0.2) is 0 Å². The molecule has 0 aliphatic rings. The van der Waals surface area contributed by atoms with E-state index in [0.29, 0.717) is 17.4 Å². The fourth-order valence-corrected chi connectivity index (χ4v) is 4.77. The van der Waals surface area contributed by atoms with E-state index in [1.165, 1.54) is 0 Å². The number of thiophene rings is 1. The second-order valence-electron chi connectivity index (χ2n) is 3.80. The minimum absolute atomic E-state index is 0.244. The molecule has 7 heteroatoms. The van der Waals surface area contributed by atoms with Crippen molar-refractivity contribution in [1.82, 2.24) is 4.72 Å². The molecular formula is C12H11Br2NO2S2. The topological polar surface area (TPSA) is 46.2 Å². The van der Waals surface area contributed by atoms with Crippen LogP contribution in [0, 0.1) is 0 Å². The molecule has 102 valence electrons. The average Bonchev–Trinajstić information content (AvgIpc) is 2.85. The number of hydrogen-bond acceptors (Lipinski definition) is 3. The number of nitrogens with one attached hydrogen (secondary N) is 1. The molecule has 0 atom stereocenters. The van der Waals surface area contributed by atoms with Crippen LogP contribution >= 0.6 is 43.2 Å². The number of halogens is 2. The first-order valence-corrected chi connectivity index (χ1v) is 9.41.